The number of amides is 2. The molecule has 0 bridgehead atoms. The van der Waals surface area contributed by atoms with Crippen molar-refractivity contribution in [3.05, 3.63) is 52.9 Å². The van der Waals surface area contributed by atoms with Gasteiger partial charge in [0.1, 0.15) is 5.75 Å². The number of thioether (sulfide) groups is 1. The molecule has 0 unspecified atom stereocenters. The Morgan fingerprint density at radius 3 is 2.27 bits per heavy atom. The highest BCUT2D eigenvalue weighted by Gasteiger charge is 2.40. The number of benzene rings is 2. The molecule has 0 saturated heterocycles. The van der Waals surface area contributed by atoms with Gasteiger partial charge in [-0.15, -0.1) is 11.8 Å². The van der Waals surface area contributed by atoms with Crippen LogP contribution in [0.15, 0.2) is 47.4 Å². The summed E-state index contributed by atoms with van der Waals surface area (Å²) in [5.74, 6) is 1.02. The number of carbonyl (C=O) groups excluding carboxylic acids is 2. The van der Waals surface area contributed by atoms with Gasteiger partial charge in [0.2, 0.25) is 0 Å². The maximum Gasteiger partial charge on any atom is 0.272 e. The lowest BCUT2D eigenvalue weighted by atomic mass is 10.1. The van der Waals surface area contributed by atoms with Gasteiger partial charge in [0, 0.05) is 11.8 Å². The first-order valence-electron chi connectivity index (χ1n) is 9.37. The summed E-state index contributed by atoms with van der Waals surface area (Å²) >= 11 is 1.16. The van der Waals surface area contributed by atoms with Crippen LogP contribution in [-0.4, -0.2) is 50.1 Å². The fraction of sp³-hybridized carbons (Fsp3) is 0.273. The Labute approximate surface area is 179 Å². The second-order valence-electron chi connectivity index (χ2n) is 6.22. The first-order chi connectivity index (χ1) is 14.5. The van der Waals surface area contributed by atoms with Gasteiger partial charge >= 0.3 is 0 Å². The van der Waals surface area contributed by atoms with Crippen LogP contribution in [0.1, 0.15) is 12.5 Å². The Balaban J connectivity index is 2.03. The van der Waals surface area contributed by atoms with Crippen LogP contribution in [0.5, 0.6) is 17.2 Å². The van der Waals surface area contributed by atoms with Gasteiger partial charge in [0.25, 0.3) is 11.8 Å². The lowest BCUT2D eigenvalue weighted by Crippen LogP contribution is -2.31. The standard InChI is InChI=1S/C22H23NO6S/c1-4-29-16-8-5-14(6-9-16)19-20(30-12-11-24)22(26)23(21(19)25)15-7-10-17(27-2)18(13-15)28-3/h5-10,13,24H,4,11-12H2,1-3H3. The van der Waals surface area contributed by atoms with Gasteiger partial charge in [0.05, 0.1) is 43.6 Å². The minimum absolute atomic E-state index is 0.109. The number of methoxy groups -OCH3 is 2. The summed E-state index contributed by atoms with van der Waals surface area (Å²) in [5.41, 5.74) is 1.29. The fourth-order valence-corrected chi connectivity index (χ4v) is 3.99. The molecule has 30 heavy (non-hydrogen) atoms. The molecule has 1 heterocycles. The molecule has 0 saturated carbocycles. The van der Waals surface area contributed by atoms with Crippen LogP contribution >= 0.6 is 11.8 Å². The monoisotopic (exact) mass is 429 g/mol. The van der Waals surface area contributed by atoms with Crippen LogP contribution in [0, 0.1) is 0 Å². The van der Waals surface area contributed by atoms with Gasteiger partial charge in [-0.1, -0.05) is 12.1 Å². The molecule has 0 atom stereocenters. The predicted molar refractivity (Wildman–Crippen MR) is 116 cm³/mol. The smallest absolute Gasteiger partial charge is 0.272 e. The maximum absolute atomic E-state index is 13.3. The molecule has 2 amide bonds. The molecule has 2 aromatic rings. The van der Waals surface area contributed by atoms with E-state index in [-0.39, 0.29) is 6.61 Å². The van der Waals surface area contributed by atoms with Crippen molar-refractivity contribution < 1.29 is 28.9 Å². The van der Waals surface area contributed by atoms with E-state index in [1.54, 1.807) is 42.5 Å². The number of hydrogen-bond donors (Lipinski definition) is 1. The average Bonchev–Trinajstić information content (AvgIpc) is 3.01. The first-order valence-corrected chi connectivity index (χ1v) is 10.4. The van der Waals surface area contributed by atoms with Crippen LogP contribution in [-0.2, 0) is 9.59 Å². The Morgan fingerprint density at radius 1 is 0.967 bits per heavy atom. The third-order valence-corrected chi connectivity index (χ3v) is 5.51. The molecule has 7 nitrogen and oxygen atoms in total. The fourth-order valence-electron chi connectivity index (χ4n) is 3.13. The molecule has 0 aromatic heterocycles. The second-order valence-corrected chi connectivity index (χ2v) is 7.32. The molecule has 1 aliphatic rings. The number of nitrogens with zero attached hydrogens (tertiary/aromatic N) is 1. The normalized spacial score (nSPS) is 13.8. The van der Waals surface area contributed by atoms with Crippen molar-refractivity contribution >= 4 is 34.8 Å². The summed E-state index contributed by atoms with van der Waals surface area (Å²) in [7, 11) is 3.00. The van der Waals surface area contributed by atoms with E-state index in [4.69, 9.17) is 14.2 Å². The third-order valence-electron chi connectivity index (χ3n) is 4.46. The molecule has 1 aliphatic heterocycles. The number of aliphatic hydroxyl groups excluding tert-OH is 1. The summed E-state index contributed by atoms with van der Waals surface area (Å²) in [6.45, 7) is 2.31. The van der Waals surface area contributed by atoms with Crippen molar-refractivity contribution in [3.63, 3.8) is 0 Å². The summed E-state index contributed by atoms with van der Waals surface area (Å²) in [4.78, 5) is 27.9. The van der Waals surface area contributed by atoms with Crippen molar-refractivity contribution in [1.82, 2.24) is 0 Å². The number of rotatable bonds is 9. The Hall–Kier alpha value is -2.97. The van der Waals surface area contributed by atoms with Crippen molar-refractivity contribution in [3.8, 4) is 17.2 Å². The largest absolute Gasteiger partial charge is 0.494 e. The number of carbonyl (C=O) groups is 2. The van der Waals surface area contributed by atoms with Crippen LogP contribution in [0.25, 0.3) is 5.57 Å². The molecule has 3 rings (SSSR count). The highest BCUT2D eigenvalue weighted by molar-refractivity contribution is 8.04. The number of aliphatic hydroxyl groups is 1. The Bertz CT molecular complexity index is 970. The van der Waals surface area contributed by atoms with E-state index in [2.05, 4.69) is 0 Å². The number of imide groups is 1. The SMILES string of the molecule is CCOc1ccc(C2=C(SCCO)C(=O)N(c3ccc(OC)c(OC)c3)C2=O)cc1. The highest BCUT2D eigenvalue weighted by atomic mass is 32.2. The molecule has 0 fully saturated rings. The molecule has 1 N–H and O–H groups in total. The van der Waals surface area contributed by atoms with Gasteiger partial charge in [0.15, 0.2) is 11.5 Å². The van der Waals surface area contributed by atoms with Crippen molar-refractivity contribution in [1.29, 1.82) is 0 Å². The van der Waals surface area contributed by atoms with Gasteiger partial charge in [-0.2, -0.15) is 0 Å². The first kappa shape index (κ1) is 21.7. The summed E-state index contributed by atoms with van der Waals surface area (Å²) in [5, 5.41) is 9.24. The minimum atomic E-state index is -0.436. The van der Waals surface area contributed by atoms with Gasteiger partial charge < -0.3 is 19.3 Å². The topological polar surface area (TPSA) is 85.3 Å². The Morgan fingerprint density at radius 2 is 1.67 bits per heavy atom. The summed E-state index contributed by atoms with van der Waals surface area (Å²) in [6.07, 6.45) is 0. The third kappa shape index (κ3) is 4.15. The zero-order valence-electron chi connectivity index (χ0n) is 17.0. The van der Waals surface area contributed by atoms with E-state index in [1.165, 1.54) is 14.2 Å². The minimum Gasteiger partial charge on any atom is -0.494 e. The lowest BCUT2D eigenvalue weighted by Gasteiger charge is -2.17. The Kier molecular flexibility index (Phi) is 7.02. The molecular weight excluding hydrogens is 406 g/mol. The van der Waals surface area contributed by atoms with E-state index in [0.717, 1.165) is 16.7 Å². The summed E-state index contributed by atoms with van der Waals surface area (Å²) in [6, 6.07) is 11.9. The van der Waals surface area contributed by atoms with Crippen molar-refractivity contribution in [2.75, 3.05) is 38.1 Å². The molecule has 8 heteroatoms. The molecule has 0 aliphatic carbocycles. The van der Waals surface area contributed by atoms with Crippen molar-refractivity contribution in [2.24, 2.45) is 0 Å². The molecule has 0 radical (unpaired) electrons. The number of hydrogen-bond acceptors (Lipinski definition) is 7. The molecule has 158 valence electrons. The van der Waals surface area contributed by atoms with E-state index in [9.17, 15) is 14.7 Å². The lowest BCUT2D eigenvalue weighted by molar-refractivity contribution is -0.119. The molecule has 0 spiro atoms. The molecular formula is C22H23NO6S. The van der Waals surface area contributed by atoms with E-state index < -0.39 is 11.8 Å². The van der Waals surface area contributed by atoms with Crippen molar-refractivity contribution in [2.45, 2.75) is 6.92 Å². The van der Waals surface area contributed by atoms with Crippen LogP contribution in [0.4, 0.5) is 5.69 Å². The van der Waals surface area contributed by atoms with Gasteiger partial charge in [-0.3, -0.25) is 9.59 Å². The van der Waals surface area contributed by atoms with E-state index in [1.807, 2.05) is 6.92 Å². The van der Waals surface area contributed by atoms with Crippen LogP contribution in [0.3, 0.4) is 0 Å². The van der Waals surface area contributed by atoms with Gasteiger partial charge in [-0.25, -0.2) is 4.90 Å². The summed E-state index contributed by atoms with van der Waals surface area (Å²) < 4.78 is 16.0. The van der Waals surface area contributed by atoms with Crippen LogP contribution < -0.4 is 19.1 Å². The highest BCUT2D eigenvalue weighted by Crippen LogP contribution is 2.40. The number of anilines is 1. The zero-order chi connectivity index (χ0) is 21.7. The second kappa shape index (κ2) is 9.69. The zero-order valence-corrected chi connectivity index (χ0v) is 17.8. The maximum atomic E-state index is 13.3. The predicted octanol–water partition coefficient (Wildman–Crippen LogP) is 3.11. The van der Waals surface area contributed by atoms with Crippen LogP contribution in [0.2, 0.25) is 0 Å². The quantitative estimate of drug-likeness (QED) is 0.613. The number of ether oxygens (including phenoxy) is 3. The van der Waals surface area contributed by atoms with Gasteiger partial charge in [-0.05, 0) is 36.8 Å². The van der Waals surface area contributed by atoms with E-state index in [0.29, 0.717) is 51.3 Å². The van der Waals surface area contributed by atoms with E-state index >= 15 is 0 Å². The average molecular weight is 429 g/mol. The molecule has 2 aromatic carbocycles.